The fraction of sp³-hybridized carbons (Fsp3) is 0.190. The van der Waals surface area contributed by atoms with Crippen LogP contribution in [0.15, 0.2) is 60.0 Å². The zero-order chi connectivity index (χ0) is 19.9. The lowest BCUT2D eigenvalue weighted by Crippen LogP contribution is -2.29. The Labute approximate surface area is 167 Å². The highest BCUT2D eigenvalue weighted by Gasteiger charge is 2.18. The van der Waals surface area contributed by atoms with Crippen molar-refractivity contribution in [2.75, 3.05) is 12.4 Å². The number of carbonyl (C=O) groups is 2. The molecule has 0 saturated carbocycles. The number of methoxy groups -OCH3 is 1. The molecule has 1 heterocycles. The van der Waals surface area contributed by atoms with Gasteiger partial charge in [-0.2, -0.15) is 0 Å². The number of anilines is 1. The Morgan fingerprint density at radius 1 is 1.11 bits per heavy atom. The van der Waals surface area contributed by atoms with Crippen LogP contribution in [0, 0.1) is 0 Å². The molecule has 0 aliphatic rings. The van der Waals surface area contributed by atoms with E-state index < -0.39 is 6.04 Å². The van der Waals surface area contributed by atoms with Crippen LogP contribution in [-0.2, 0) is 9.59 Å². The van der Waals surface area contributed by atoms with Crippen LogP contribution in [0.4, 0.5) is 5.13 Å². The van der Waals surface area contributed by atoms with Gasteiger partial charge in [0.15, 0.2) is 5.13 Å². The third kappa shape index (κ3) is 5.17. The Morgan fingerprint density at radius 3 is 2.46 bits per heavy atom. The van der Waals surface area contributed by atoms with Gasteiger partial charge < -0.3 is 15.4 Å². The predicted molar refractivity (Wildman–Crippen MR) is 110 cm³/mol. The van der Waals surface area contributed by atoms with Crippen molar-refractivity contribution in [1.29, 1.82) is 0 Å². The number of benzene rings is 2. The van der Waals surface area contributed by atoms with E-state index in [0.717, 1.165) is 16.8 Å². The van der Waals surface area contributed by atoms with Crippen LogP contribution in [0.5, 0.6) is 5.75 Å². The van der Waals surface area contributed by atoms with Gasteiger partial charge in [-0.1, -0.05) is 42.5 Å². The molecule has 0 aliphatic carbocycles. The zero-order valence-electron chi connectivity index (χ0n) is 15.6. The first kappa shape index (κ1) is 19.6. The second kappa shape index (κ2) is 9.14. The molecule has 144 valence electrons. The molecule has 2 N–H and O–H groups in total. The van der Waals surface area contributed by atoms with Crippen LogP contribution < -0.4 is 15.4 Å². The molecule has 3 aromatic rings. The van der Waals surface area contributed by atoms with Crippen LogP contribution in [0.3, 0.4) is 0 Å². The second-order valence-corrected chi connectivity index (χ2v) is 7.04. The number of nitrogens with one attached hydrogen (secondary N) is 2. The maximum Gasteiger partial charge on any atom is 0.228 e. The molecule has 1 aromatic heterocycles. The molecule has 1 atom stereocenters. The highest BCUT2D eigenvalue weighted by atomic mass is 32.1. The van der Waals surface area contributed by atoms with Crippen LogP contribution in [0.1, 0.15) is 24.9 Å². The zero-order valence-corrected chi connectivity index (χ0v) is 16.5. The summed E-state index contributed by atoms with van der Waals surface area (Å²) in [5.41, 5.74) is 2.64. The van der Waals surface area contributed by atoms with E-state index in [1.807, 2.05) is 47.8 Å². The van der Waals surface area contributed by atoms with E-state index in [4.69, 9.17) is 4.74 Å². The van der Waals surface area contributed by atoms with Gasteiger partial charge in [0.1, 0.15) is 5.75 Å². The molecule has 7 heteroatoms. The minimum Gasteiger partial charge on any atom is -0.497 e. The van der Waals surface area contributed by atoms with Crippen molar-refractivity contribution in [1.82, 2.24) is 10.3 Å². The number of nitrogens with zero attached hydrogens (tertiary/aromatic N) is 1. The van der Waals surface area contributed by atoms with Gasteiger partial charge in [-0.05, 0) is 17.7 Å². The third-order valence-electron chi connectivity index (χ3n) is 4.11. The Hall–Kier alpha value is -3.19. The first-order valence-electron chi connectivity index (χ1n) is 8.77. The molecule has 0 fully saturated rings. The van der Waals surface area contributed by atoms with Crippen molar-refractivity contribution in [3.8, 4) is 17.0 Å². The first-order valence-corrected chi connectivity index (χ1v) is 9.65. The quantitative estimate of drug-likeness (QED) is 0.633. The van der Waals surface area contributed by atoms with Crippen LogP contribution >= 0.6 is 11.3 Å². The molecule has 0 radical (unpaired) electrons. The van der Waals surface area contributed by atoms with Crippen molar-refractivity contribution in [2.24, 2.45) is 0 Å². The minimum atomic E-state index is -0.433. The summed E-state index contributed by atoms with van der Waals surface area (Å²) in [6, 6.07) is 16.6. The lowest BCUT2D eigenvalue weighted by molar-refractivity contribution is -0.120. The van der Waals surface area contributed by atoms with Gasteiger partial charge in [0.2, 0.25) is 11.8 Å². The van der Waals surface area contributed by atoms with Crippen LogP contribution in [-0.4, -0.2) is 23.9 Å². The minimum absolute atomic E-state index is 0.103. The fourth-order valence-electron chi connectivity index (χ4n) is 2.76. The largest absolute Gasteiger partial charge is 0.497 e. The molecule has 3 rings (SSSR count). The third-order valence-corrected chi connectivity index (χ3v) is 4.86. The van der Waals surface area contributed by atoms with E-state index >= 15 is 0 Å². The van der Waals surface area contributed by atoms with Crippen LogP contribution in [0.25, 0.3) is 11.3 Å². The van der Waals surface area contributed by atoms with Gasteiger partial charge in [-0.3, -0.25) is 9.59 Å². The maximum absolute atomic E-state index is 12.5. The van der Waals surface area contributed by atoms with Gasteiger partial charge in [-0.25, -0.2) is 4.98 Å². The number of hydrogen-bond donors (Lipinski definition) is 2. The normalized spacial score (nSPS) is 11.5. The molecular formula is C21H21N3O3S. The van der Waals surface area contributed by atoms with Crippen LogP contribution in [0.2, 0.25) is 0 Å². The molecule has 0 saturated heterocycles. The first-order chi connectivity index (χ1) is 13.5. The fourth-order valence-corrected chi connectivity index (χ4v) is 3.50. The van der Waals surface area contributed by atoms with Crippen molar-refractivity contribution in [2.45, 2.75) is 19.4 Å². The van der Waals surface area contributed by atoms with Crippen molar-refractivity contribution >= 4 is 28.3 Å². The van der Waals surface area contributed by atoms with Gasteiger partial charge in [0.25, 0.3) is 0 Å². The monoisotopic (exact) mass is 395 g/mol. The summed E-state index contributed by atoms with van der Waals surface area (Å²) < 4.78 is 5.16. The average molecular weight is 395 g/mol. The molecule has 6 nitrogen and oxygen atoms in total. The number of ether oxygens (including phenoxy) is 1. The number of hydrogen-bond acceptors (Lipinski definition) is 5. The summed E-state index contributed by atoms with van der Waals surface area (Å²) in [6.45, 7) is 1.43. The number of rotatable bonds is 7. The molecule has 0 bridgehead atoms. The molecule has 2 amide bonds. The number of carbonyl (C=O) groups excluding carboxylic acids is 2. The van der Waals surface area contributed by atoms with Gasteiger partial charge in [0, 0.05) is 17.9 Å². The standard InChI is InChI=1S/C21H21N3O3S/c1-14(25)22-18(16-8-10-17(27-2)11-9-16)12-20(26)24-21-23-19(13-28-21)15-6-4-3-5-7-15/h3-11,13,18H,12H2,1-2H3,(H,22,25)(H,23,24,26). The second-order valence-electron chi connectivity index (χ2n) is 6.18. The number of amides is 2. The maximum atomic E-state index is 12.5. The summed E-state index contributed by atoms with van der Waals surface area (Å²) in [5.74, 6) is 0.295. The Balaban J connectivity index is 1.68. The lowest BCUT2D eigenvalue weighted by atomic mass is 10.0. The summed E-state index contributed by atoms with van der Waals surface area (Å²) in [7, 11) is 1.59. The summed E-state index contributed by atoms with van der Waals surface area (Å²) >= 11 is 1.37. The summed E-state index contributed by atoms with van der Waals surface area (Å²) in [5, 5.41) is 8.07. The van der Waals surface area contributed by atoms with Crippen molar-refractivity contribution in [3.05, 3.63) is 65.5 Å². The summed E-state index contributed by atoms with van der Waals surface area (Å²) in [6.07, 6.45) is 0.103. The SMILES string of the molecule is COc1ccc(C(CC(=O)Nc2nc(-c3ccccc3)cs2)NC(C)=O)cc1. The van der Waals surface area contributed by atoms with Gasteiger partial charge >= 0.3 is 0 Å². The molecular weight excluding hydrogens is 374 g/mol. The van der Waals surface area contributed by atoms with Gasteiger partial charge in [-0.15, -0.1) is 11.3 Å². The Kier molecular flexibility index (Phi) is 6.39. The van der Waals surface area contributed by atoms with Gasteiger partial charge in [0.05, 0.1) is 25.3 Å². The topological polar surface area (TPSA) is 80.3 Å². The van der Waals surface area contributed by atoms with E-state index in [2.05, 4.69) is 15.6 Å². The average Bonchev–Trinajstić information content (AvgIpc) is 3.16. The lowest BCUT2D eigenvalue weighted by Gasteiger charge is -2.18. The summed E-state index contributed by atoms with van der Waals surface area (Å²) in [4.78, 5) is 28.6. The van der Waals surface area contributed by atoms with E-state index in [0.29, 0.717) is 10.9 Å². The highest BCUT2D eigenvalue weighted by molar-refractivity contribution is 7.14. The molecule has 28 heavy (non-hydrogen) atoms. The smallest absolute Gasteiger partial charge is 0.228 e. The van der Waals surface area contributed by atoms with E-state index in [1.54, 1.807) is 19.2 Å². The Bertz CT molecular complexity index is 939. The molecule has 1 unspecified atom stereocenters. The predicted octanol–water partition coefficient (Wildman–Crippen LogP) is 4.02. The number of thiazole rings is 1. The molecule has 2 aromatic carbocycles. The number of aromatic nitrogens is 1. The highest BCUT2D eigenvalue weighted by Crippen LogP contribution is 2.26. The molecule has 0 aliphatic heterocycles. The van der Waals surface area contributed by atoms with E-state index in [-0.39, 0.29) is 18.2 Å². The molecule has 0 spiro atoms. The van der Waals surface area contributed by atoms with E-state index in [9.17, 15) is 9.59 Å². The Morgan fingerprint density at radius 2 is 1.82 bits per heavy atom. The van der Waals surface area contributed by atoms with Crippen molar-refractivity contribution < 1.29 is 14.3 Å². The van der Waals surface area contributed by atoms with E-state index in [1.165, 1.54) is 18.3 Å². The van der Waals surface area contributed by atoms with Crippen molar-refractivity contribution in [3.63, 3.8) is 0 Å².